The van der Waals surface area contributed by atoms with Gasteiger partial charge in [-0.15, -0.1) is 0 Å². The number of hydrogen-bond acceptors (Lipinski definition) is 5. The van der Waals surface area contributed by atoms with Crippen molar-refractivity contribution in [2.24, 2.45) is 0 Å². The lowest BCUT2D eigenvalue weighted by Crippen LogP contribution is -2.50. The van der Waals surface area contributed by atoms with Gasteiger partial charge in [0.2, 0.25) is 10.0 Å². The highest BCUT2D eigenvalue weighted by Gasteiger charge is 2.33. The van der Waals surface area contributed by atoms with Gasteiger partial charge in [0.15, 0.2) is 11.5 Å². The van der Waals surface area contributed by atoms with E-state index in [0.717, 1.165) is 22.3 Å². The number of benzene rings is 2. The molecule has 0 N–H and O–H groups in total. The first kappa shape index (κ1) is 25.1. The monoisotopic (exact) mass is 474 g/mol. The molecule has 0 aliphatic carbocycles. The summed E-state index contributed by atoms with van der Waals surface area (Å²) in [6.07, 6.45) is 0. The first-order valence-electron chi connectivity index (χ1n) is 11.4. The van der Waals surface area contributed by atoms with Gasteiger partial charge in [-0.3, -0.25) is 4.79 Å². The average molecular weight is 475 g/mol. The maximum Gasteiger partial charge on any atom is 0.254 e. The predicted octanol–water partition coefficient (Wildman–Crippen LogP) is 3.86. The molecule has 0 atom stereocenters. The zero-order valence-electron chi connectivity index (χ0n) is 20.4. The third kappa shape index (κ3) is 5.01. The van der Waals surface area contributed by atoms with Crippen LogP contribution in [0.4, 0.5) is 0 Å². The van der Waals surface area contributed by atoms with Crippen molar-refractivity contribution in [2.45, 2.75) is 46.4 Å². The summed E-state index contributed by atoms with van der Waals surface area (Å²) in [5.41, 5.74) is 4.00. The van der Waals surface area contributed by atoms with Gasteiger partial charge in [0.25, 0.3) is 5.91 Å². The van der Waals surface area contributed by atoms with Gasteiger partial charge in [0.1, 0.15) is 0 Å². The Balaban J connectivity index is 1.77. The maximum atomic E-state index is 13.5. The number of piperazine rings is 1. The van der Waals surface area contributed by atoms with E-state index in [2.05, 4.69) is 0 Å². The molecule has 1 heterocycles. The molecule has 7 nitrogen and oxygen atoms in total. The van der Waals surface area contributed by atoms with E-state index in [-0.39, 0.29) is 19.0 Å². The lowest BCUT2D eigenvalue weighted by Gasteiger charge is -2.35. The molecule has 0 aromatic heterocycles. The minimum Gasteiger partial charge on any atom is -0.490 e. The van der Waals surface area contributed by atoms with Crippen LogP contribution in [0.5, 0.6) is 11.5 Å². The SMILES string of the molecule is CCOc1ccc(C(=O)N2CCN(S(=O)(=O)c3c(C)c(C)cc(C)c3C)CC2)cc1OCC. The minimum absolute atomic E-state index is 0.144. The fraction of sp³-hybridized carbons (Fsp3) is 0.480. The van der Waals surface area contributed by atoms with Gasteiger partial charge in [-0.05, 0) is 82.0 Å². The number of nitrogens with zero attached hydrogens (tertiary/aromatic N) is 2. The van der Waals surface area contributed by atoms with E-state index in [0.29, 0.717) is 48.3 Å². The predicted molar refractivity (Wildman–Crippen MR) is 129 cm³/mol. The number of amides is 1. The van der Waals surface area contributed by atoms with E-state index in [1.807, 2.05) is 47.6 Å². The molecular weight excluding hydrogens is 440 g/mol. The quantitative estimate of drug-likeness (QED) is 0.609. The third-order valence-electron chi connectivity index (χ3n) is 6.21. The Labute approximate surface area is 197 Å². The van der Waals surface area contributed by atoms with Crippen molar-refractivity contribution in [2.75, 3.05) is 39.4 Å². The van der Waals surface area contributed by atoms with Gasteiger partial charge in [0.05, 0.1) is 18.1 Å². The highest BCUT2D eigenvalue weighted by molar-refractivity contribution is 7.89. The van der Waals surface area contributed by atoms with Crippen molar-refractivity contribution in [3.63, 3.8) is 0 Å². The molecular formula is C25H34N2O5S. The highest BCUT2D eigenvalue weighted by atomic mass is 32.2. The third-order valence-corrected chi connectivity index (χ3v) is 8.38. The van der Waals surface area contributed by atoms with Gasteiger partial charge in [-0.2, -0.15) is 4.31 Å². The average Bonchev–Trinajstić information content (AvgIpc) is 2.79. The number of carbonyl (C=O) groups excluding carboxylic acids is 1. The Morgan fingerprint density at radius 2 is 1.39 bits per heavy atom. The molecule has 180 valence electrons. The molecule has 0 bridgehead atoms. The highest BCUT2D eigenvalue weighted by Crippen LogP contribution is 2.31. The van der Waals surface area contributed by atoms with Crippen LogP contribution in [0.25, 0.3) is 0 Å². The second-order valence-corrected chi connectivity index (χ2v) is 10.2. The number of rotatable bonds is 7. The Hall–Kier alpha value is -2.58. The summed E-state index contributed by atoms with van der Waals surface area (Å²) < 4.78 is 39.7. The lowest BCUT2D eigenvalue weighted by atomic mass is 10.0. The fourth-order valence-electron chi connectivity index (χ4n) is 4.19. The molecule has 1 aliphatic rings. The van der Waals surface area contributed by atoms with Crippen LogP contribution >= 0.6 is 0 Å². The molecule has 3 rings (SSSR count). The second-order valence-electron chi connectivity index (χ2n) is 8.31. The van der Waals surface area contributed by atoms with Crippen LogP contribution in [0.3, 0.4) is 0 Å². The van der Waals surface area contributed by atoms with Gasteiger partial charge >= 0.3 is 0 Å². The topological polar surface area (TPSA) is 76.2 Å². The molecule has 1 saturated heterocycles. The fourth-order valence-corrected chi connectivity index (χ4v) is 6.19. The Bertz CT molecular complexity index is 1110. The Kier molecular flexibility index (Phi) is 7.69. The van der Waals surface area contributed by atoms with Crippen LogP contribution in [0.1, 0.15) is 46.5 Å². The first-order valence-corrected chi connectivity index (χ1v) is 12.8. The lowest BCUT2D eigenvalue weighted by molar-refractivity contribution is 0.0697. The van der Waals surface area contributed by atoms with Crippen molar-refractivity contribution >= 4 is 15.9 Å². The van der Waals surface area contributed by atoms with E-state index in [9.17, 15) is 13.2 Å². The summed E-state index contributed by atoms with van der Waals surface area (Å²) in [7, 11) is -3.65. The molecule has 0 radical (unpaired) electrons. The number of carbonyl (C=O) groups is 1. The molecule has 8 heteroatoms. The van der Waals surface area contributed by atoms with E-state index in [1.165, 1.54) is 4.31 Å². The number of hydrogen-bond donors (Lipinski definition) is 0. The van der Waals surface area contributed by atoms with Crippen LogP contribution in [0, 0.1) is 27.7 Å². The maximum absolute atomic E-state index is 13.5. The molecule has 33 heavy (non-hydrogen) atoms. The van der Waals surface area contributed by atoms with Crippen LogP contribution in [-0.4, -0.2) is 62.9 Å². The molecule has 1 aliphatic heterocycles. The van der Waals surface area contributed by atoms with E-state index < -0.39 is 10.0 Å². The summed E-state index contributed by atoms with van der Waals surface area (Å²) in [5, 5.41) is 0. The zero-order chi connectivity index (χ0) is 24.3. The van der Waals surface area contributed by atoms with Crippen LogP contribution in [-0.2, 0) is 10.0 Å². The molecule has 2 aromatic rings. The Morgan fingerprint density at radius 3 is 1.94 bits per heavy atom. The van der Waals surface area contributed by atoms with Crippen molar-refractivity contribution in [3.8, 4) is 11.5 Å². The number of ether oxygens (including phenoxy) is 2. The number of sulfonamides is 1. The van der Waals surface area contributed by atoms with Gasteiger partial charge in [-0.1, -0.05) is 6.07 Å². The standard InChI is InChI=1S/C25H34N2O5S/c1-7-31-22-10-9-21(16-23(22)32-8-2)25(28)26-11-13-27(14-12-26)33(29,30)24-19(5)17(3)15-18(4)20(24)6/h9-10,15-16H,7-8,11-14H2,1-6H3. The molecule has 0 unspecified atom stereocenters. The number of aryl methyl sites for hydroxylation is 2. The van der Waals surface area contributed by atoms with E-state index in [4.69, 9.17) is 9.47 Å². The molecule has 1 fully saturated rings. The first-order chi connectivity index (χ1) is 15.6. The minimum atomic E-state index is -3.65. The molecule has 1 amide bonds. The van der Waals surface area contributed by atoms with Crippen molar-refractivity contribution in [3.05, 3.63) is 52.1 Å². The van der Waals surface area contributed by atoms with E-state index >= 15 is 0 Å². The summed E-state index contributed by atoms with van der Waals surface area (Å²) in [6.45, 7) is 13.5. The smallest absolute Gasteiger partial charge is 0.254 e. The van der Waals surface area contributed by atoms with Gasteiger partial charge in [-0.25, -0.2) is 8.42 Å². The van der Waals surface area contributed by atoms with E-state index in [1.54, 1.807) is 23.1 Å². The van der Waals surface area contributed by atoms with Gasteiger partial charge < -0.3 is 14.4 Å². The molecule has 0 spiro atoms. The summed E-state index contributed by atoms with van der Waals surface area (Å²) in [6, 6.07) is 7.19. The molecule has 2 aromatic carbocycles. The van der Waals surface area contributed by atoms with Crippen LogP contribution in [0.15, 0.2) is 29.2 Å². The zero-order valence-corrected chi connectivity index (χ0v) is 21.2. The van der Waals surface area contributed by atoms with Crippen molar-refractivity contribution < 1.29 is 22.7 Å². The Morgan fingerprint density at radius 1 is 0.848 bits per heavy atom. The summed E-state index contributed by atoms with van der Waals surface area (Å²) >= 11 is 0. The molecule has 0 saturated carbocycles. The summed E-state index contributed by atoms with van der Waals surface area (Å²) in [4.78, 5) is 15.2. The van der Waals surface area contributed by atoms with Crippen molar-refractivity contribution in [1.82, 2.24) is 9.21 Å². The normalized spacial score (nSPS) is 14.9. The van der Waals surface area contributed by atoms with Crippen LogP contribution < -0.4 is 9.47 Å². The largest absolute Gasteiger partial charge is 0.490 e. The second kappa shape index (κ2) is 10.1. The van der Waals surface area contributed by atoms with Crippen molar-refractivity contribution in [1.29, 1.82) is 0 Å². The van der Waals surface area contributed by atoms with Crippen LogP contribution in [0.2, 0.25) is 0 Å². The van der Waals surface area contributed by atoms with Gasteiger partial charge in [0, 0.05) is 31.7 Å². The summed E-state index contributed by atoms with van der Waals surface area (Å²) in [5.74, 6) is 0.994.